The van der Waals surface area contributed by atoms with Gasteiger partial charge in [-0.15, -0.1) is 0 Å². The fourth-order valence-electron chi connectivity index (χ4n) is 2.16. The third kappa shape index (κ3) is 5.03. The largest absolute Gasteiger partial charge is 0.480 e. The second-order valence-electron chi connectivity index (χ2n) is 4.90. The zero-order valence-corrected chi connectivity index (χ0v) is 12.2. The molecule has 0 bridgehead atoms. The van der Waals surface area contributed by atoms with Crippen molar-refractivity contribution in [3.63, 3.8) is 0 Å². The first-order valence-electron chi connectivity index (χ1n) is 7.17. The second kappa shape index (κ2) is 8.35. The van der Waals surface area contributed by atoms with E-state index in [0.717, 1.165) is 30.4 Å². The maximum atomic E-state index is 12.0. The van der Waals surface area contributed by atoms with Gasteiger partial charge in [0.1, 0.15) is 6.04 Å². The van der Waals surface area contributed by atoms with Crippen LogP contribution < -0.4 is 5.32 Å². The molecule has 2 N–H and O–H groups in total. The van der Waals surface area contributed by atoms with E-state index in [-0.39, 0.29) is 12.3 Å². The van der Waals surface area contributed by atoms with Crippen LogP contribution in [0, 0.1) is 0 Å². The summed E-state index contributed by atoms with van der Waals surface area (Å²) < 4.78 is 0. The van der Waals surface area contributed by atoms with Crippen molar-refractivity contribution in [2.24, 2.45) is 0 Å². The van der Waals surface area contributed by atoms with Crippen molar-refractivity contribution in [3.05, 3.63) is 35.4 Å². The van der Waals surface area contributed by atoms with Gasteiger partial charge < -0.3 is 10.4 Å². The molecule has 1 atom stereocenters. The summed E-state index contributed by atoms with van der Waals surface area (Å²) in [7, 11) is 0. The Kier molecular flexibility index (Phi) is 6.77. The summed E-state index contributed by atoms with van der Waals surface area (Å²) in [4.78, 5) is 23.1. The van der Waals surface area contributed by atoms with Crippen LogP contribution in [-0.2, 0) is 22.4 Å². The molecule has 1 rings (SSSR count). The molecular weight excluding hydrogens is 254 g/mol. The van der Waals surface area contributed by atoms with Crippen molar-refractivity contribution in [2.75, 3.05) is 0 Å². The van der Waals surface area contributed by atoms with Crippen molar-refractivity contribution in [2.45, 2.75) is 52.0 Å². The van der Waals surface area contributed by atoms with E-state index in [1.54, 1.807) is 0 Å². The predicted molar refractivity (Wildman–Crippen MR) is 78.6 cm³/mol. The van der Waals surface area contributed by atoms with Crippen LogP contribution in [0.5, 0.6) is 0 Å². The fraction of sp³-hybridized carbons (Fsp3) is 0.500. The molecule has 1 amide bonds. The van der Waals surface area contributed by atoms with Crippen LogP contribution in [0.2, 0.25) is 0 Å². The molecule has 0 aromatic heterocycles. The van der Waals surface area contributed by atoms with Crippen molar-refractivity contribution >= 4 is 11.9 Å². The standard InChI is InChI=1S/C16H23NO3/c1-3-5-10-14(16(19)20)17-15(18)11-13-9-7-6-8-12(13)4-2/h6-9,14H,3-5,10-11H2,1-2H3,(H,17,18)(H,19,20). The first-order valence-corrected chi connectivity index (χ1v) is 7.17. The molecule has 0 heterocycles. The highest BCUT2D eigenvalue weighted by molar-refractivity contribution is 5.85. The number of carboxylic acids is 1. The lowest BCUT2D eigenvalue weighted by Crippen LogP contribution is -2.41. The Labute approximate surface area is 120 Å². The molecule has 1 unspecified atom stereocenters. The van der Waals surface area contributed by atoms with Crippen LogP contribution >= 0.6 is 0 Å². The van der Waals surface area contributed by atoms with Crippen molar-refractivity contribution in [1.82, 2.24) is 5.32 Å². The maximum absolute atomic E-state index is 12.0. The Balaban J connectivity index is 2.63. The SMILES string of the molecule is CCCCC(NC(=O)Cc1ccccc1CC)C(=O)O. The molecule has 110 valence electrons. The smallest absolute Gasteiger partial charge is 0.326 e. The van der Waals surface area contributed by atoms with E-state index in [2.05, 4.69) is 5.32 Å². The van der Waals surface area contributed by atoms with Crippen molar-refractivity contribution in [3.8, 4) is 0 Å². The number of hydrogen-bond donors (Lipinski definition) is 2. The quantitative estimate of drug-likeness (QED) is 0.767. The van der Waals surface area contributed by atoms with Crippen LogP contribution in [0.3, 0.4) is 0 Å². The van der Waals surface area contributed by atoms with Gasteiger partial charge in [0.25, 0.3) is 0 Å². The number of hydrogen-bond acceptors (Lipinski definition) is 2. The molecule has 4 nitrogen and oxygen atoms in total. The lowest BCUT2D eigenvalue weighted by atomic mass is 10.0. The molecular formula is C16H23NO3. The van der Waals surface area contributed by atoms with Gasteiger partial charge in [0, 0.05) is 0 Å². The number of carboxylic acid groups (broad SMARTS) is 1. The van der Waals surface area contributed by atoms with Gasteiger partial charge in [-0.2, -0.15) is 0 Å². The molecule has 0 aliphatic rings. The Morgan fingerprint density at radius 2 is 1.85 bits per heavy atom. The van der Waals surface area contributed by atoms with Gasteiger partial charge in [0.2, 0.25) is 5.91 Å². The van der Waals surface area contributed by atoms with Crippen LogP contribution in [-0.4, -0.2) is 23.0 Å². The van der Waals surface area contributed by atoms with Gasteiger partial charge in [-0.1, -0.05) is 51.0 Å². The number of unbranched alkanes of at least 4 members (excludes halogenated alkanes) is 1. The second-order valence-corrected chi connectivity index (χ2v) is 4.90. The zero-order valence-electron chi connectivity index (χ0n) is 12.2. The topological polar surface area (TPSA) is 66.4 Å². The number of aryl methyl sites for hydroxylation is 1. The third-order valence-corrected chi connectivity index (χ3v) is 3.33. The highest BCUT2D eigenvalue weighted by Crippen LogP contribution is 2.10. The Morgan fingerprint density at radius 1 is 1.20 bits per heavy atom. The van der Waals surface area contributed by atoms with Crippen LogP contribution in [0.4, 0.5) is 0 Å². The highest BCUT2D eigenvalue weighted by Gasteiger charge is 2.19. The minimum Gasteiger partial charge on any atom is -0.480 e. The van der Waals surface area contributed by atoms with Crippen LogP contribution in [0.15, 0.2) is 24.3 Å². The summed E-state index contributed by atoms with van der Waals surface area (Å²) in [6, 6.07) is 6.97. The minimum absolute atomic E-state index is 0.227. The average Bonchev–Trinajstić information content (AvgIpc) is 2.43. The van der Waals surface area contributed by atoms with E-state index in [0.29, 0.717) is 6.42 Å². The lowest BCUT2D eigenvalue weighted by molar-refractivity contribution is -0.142. The summed E-state index contributed by atoms with van der Waals surface area (Å²) in [6.07, 6.45) is 3.29. The van der Waals surface area contributed by atoms with Gasteiger partial charge in [-0.3, -0.25) is 4.79 Å². The number of aliphatic carboxylic acids is 1. The van der Waals surface area contributed by atoms with Crippen molar-refractivity contribution < 1.29 is 14.7 Å². The number of nitrogens with one attached hydrogen (secondary N) is 1. The Bertz CT molecular complexity index is 457. The highest BCUT2D eigenvalue weighted by atomic mass is 16.4. The minimum atomic E-state index is -0.962. The van der Waals surface area contributed by atoms with Crippen LogP contribution in [0.25, 0.3) is 0 Å². The number of benzene rings is 1. The number of rotatable bonds is 8. The predicted octanol–water partition coefficient (Wildman–Crippen LogP) is 2.55. The molecule has 0 radical (unpaired) electrons. The molecule has 20 heavy (non-hydrogen) atoms. The van der Waals surface area contributed by atoms with E-state index in [1.807, 2.05) is 38.1 Å². The van der Waals surface area contributed by atoms with E-state index in [1.165, 1.54) is 0 Å². The van der Waals surface area contributed by atoms with Crippen molar-refractivity contribution in [1.29, 1.82) is 0 Å². The number of carbonyl (C=O) groups is 2. The molecule has 0 aliphatic carbocycles. The molecule has 1 aromatic rings. The molecule has 4 heteroatoms. The average molecular weight is 277 g/mol. The van der Waals surface area contributed by atoms with E-state index in [4.69, 9.17) is 5.11 Å². The first kappa shape index (κ1) is 16.2. The molecule has 0 aliphatic heterocycles. The van der Waals surface area contributed by atoms with Gasteiger partial charge in [0.15, 0.2) is 0 Å². The summed E-state index contributed by atoms with van der Waals surface area (Å²) >= 11 is 0. The van der Waals surface area contributed by atoms with E-state index < -0.39 is 12.0 Å². The molecule has 0 spiro atoms. The van der Waals surface area contributed by atoms with Gasteiger partial charge in [-0.05, 0) is 24.0 Å². The Hall–Kier alpha value is -1.84. The number of amides is 1. The molecule has 1 aromatic carbocycles. The summed E-state index contributed by atoms with van der Waals surface area (Å²) in [6.45, 7) is 4.04. The fourth-order valence-corrected chi connectivity index (χ4v) is 2.16. The number of carbonyl (C=O) groups excluding carboxylic acids is 1. The zero-order chi connectivity index (χ0) is 15.0. The third-order valence-electron chi connectivity index (χ3n) is 3.33. The summed E-state index contributed by atoms with van der Waals surface area (Å²) in [5.74, 6) is -1.19. The summed E-state index contributed by atoms with van der Waals surface area (Å²) in [5, 5.41) is 11.7. The maximum Gasteiger partial charge on any atom is 0.326 e. The first-order chi connectivity index (χ1) is 9.58. The van der Waals surface area contributed by atoms with Gasteiger partial charge >= 0.3 is 5.97 Å². The van der Waals surface area contributed by atoms with Crippen LogP contribution in [0.1, 0.15) is 44.2 Å². The van der Waals surface area contributed by atoms with E-state index in [9.17, 15) is 9.59 Å². The van der Waals surface area contributed by atoms with Gasteiger partial charge in [0.05, 0.1) is 6.42 Å². The molecule has 0 saturated heterocycles. The monoisotopic (exact) mass is 277 g/mol. The normalized spacial score (nSPS) is 11.9. The lowest BCUT2D eigenvalue weighted by Gasteiger charge is -2.15. The molecule has 0 fully saturated rings. The summed E-state index contributed by atoms with van der Waals surface area (Å²) in [5.41, 5.74) is 2.09. The Morgan fingerprint density at radius 3 is 2.40 bits per heavy atom. The van der Waals surface area contributed by atoms with Gasteiger partial charge in [-0.25, -0.2) is 4.79 Å². The molecule has 0 saturated carbocycles. The van der Waals surface area contributed by atoms with E-state index >= 15 is 0 Å².